The molecule has 0 N–H and O–H groups in total. The first kappa shape index (κ1) is 23.4. The van der Waals surface area contributed by atoms with E-state index in [1.54, 1.807) is 0 Å². The molecule has 0 saturated carbocycles. The Morgan fingerprint density at radius 3 is 1.59 bits per heavy atom. The summed E-state index contributed by atoms with van der Waals surface area (Å²) >= 11 is 0. The van der Waals surface area contributed by atoms with Crippen LogP contribution in [0.3, 0.4) is 0 Å². The fourth-order valence-electron chi connectivity index (χ4n) is 6.91. The van der Waals surface area contributed by atoms with E-state index in [9.17, 15) is 0 Å². The number of imidazole rings is 4. The topological polar surface area (TPSA) is 44.5 Å². The molecule has 0 radical (unpaired) electrons. The van der Waals surface area contributed by atoms with Gasteiger partial charge < -0.3 is 0 Å². The number of hydrogen-bond acceptors (Lipinski definition) is 2. The van der Waals surface area contributed by atoms with Crippen molar-refractivity contribution in [2.45, 2.75) is 0 Å². The quantitative estimate of drug-likeness (QED) is 0.215. The number of benzene rings is 6. The van der Waals surface area contributed by atoms with Crippen LogP contribution in [-0.2, 0) is 0 Å². The molecule has 0 saturated heterocycles. The van der Waals surface area contributed by atoms with Crippen LogP contribution in [-0.4, -0.2) is 27.9 Å². The van der Waals surface area contributed by atoms with Gasteiger partial charge in [-0.25, -0.2) is 9.97 Å². The van der Waals surface area contributed by atoms with Crippen molar-refractivity contribution in [1.82, 2.24) is 27.9 Å². The standard InChI is InChI=1S/C38H24N6/c1-3-12-26(13-4-1)41-31-18-7-9-20-33(31)43-35-24-25(22-23-29(35)39-37(41)43)28-16-11-17-30-36(28)44-34-21-10-8-19-32(34)42(38(44)40-30)27-14-5-2-6-15-27/h1-24H. The van der Waals surface area contributed by atoms with Crippen LogP contribution in [0.4, 0.5) is 0 Å². The van der Waals surface area contributed by atoms with Crippen molar-refractivity contribution in [3.8, 4) is 22.5 Å². The van der Waals surface area contributed by atoms with Crippen molar-refractivity contribution in [3.63, 3.8) is 0 Å². The molecule has 0 aliphatic rings. The zero-order valence-electron chi connectivity index (χ0n) is 23.5. The van der Waals surface area contributed by atoms with E-state index in [4.69, 9.17) is 9.97 Å². The monoisotopic (exact) mass is 564 g/mol. The fraction of sp³-hybridized carbons (Fsp3) is 0. The third-order valence-corrected chi connectivity index (χ3v) is 8.76. The lowest BCUT2D eigenvalue weighted by molar-refractivity contribution is 1.11. The SMILES string of the molecule is c1ccc(-n2c3ccccc3n3c4cc(-c5cccc6nc7n(-c8ccccc8)c8ccccc8n7c56)ccc4nc23)cc1. The Hall–Kier alpha value is -6.14. The van der Waals surface area contributed by atoms with E-state index in [2.05, 4.69) is 151 Å². The minimum atomic E-state index is 0.901. The lowest BCUT2D eigenvalue weighted by Gasteiger charge is -2.06. The maximum Gasteiger partial charge on any atom is 0.220 e. The maximum absolute atomic E-state index is 5.20. The maximum atomic E-state index is 5.20. The molecule has 6 heteroatoms. The fourth-order valence-corrected chi connectivity index (χ4v) is 6.91. The number of fused-ring (bicyclic) bond motifs is 10. The van der Waals surface area contributed by atoms with Crippen molar-refractivity contribution in [1.29, 1.82) is 0 Å². The first-order chi connectivity index (χ1) is 21.8. The van der Waals surface area contributed by atoms with Crippen LogP contribution in [0.1, 0.15) is 0 Å². The first-order valence-corrected chi connectivity index (χ1v) is 14.8. The van der Waals surface area contributed by atoms with Gasteiger partial charge in [-0.2, -0.15) is 0 Å². The van der Waals surface area contributed by atoms with E-state index < -0.39 is 0 Å². The zero-order valence-corrected chi connectivity index (χ0v) is 23.5. The predicted molar refractivity (Wildman–Crippen MR) is 178 cm³/mol. The molecular weight excluding hydrogens is 540 g/mol. The van der Waals surface area contributed by atoms with Gasteiger partial charge >= 0.3 is 0 Å². The molecule has 44 heavy (non-hydrogen) atoms. The molecule has 6 aromatic carbocycles. The van der Waals surface area contributed by atoms with E-state index in [-0.39, 0.29) is 0 Å². The molecule has 10 rings (SSSR count). The van der Waals surface area contributed by atoms with E-state index in [0.29, 0.717) is 0 Å². The summed E-state index contributed by atoms with van der Waals surface area (Å²) in [5.74, 6) is 1.80. The molecule has 0 spiro atoms. The molecule has 0 bridgehead atoms. The average Bonchev–Trinajstić information content (AvgIpc) is 3.81. The van der Waals surface area contributed by atoms with Crippen molar-refractivity contribution < 1.29 is 0 Å². The van der Waals surface area contributed by atoms with Crippen molar-refractivity contribution in [2.24, 2.45) is 0 Å². The minimum Gasteiger partial charge on any atom is -0.278 e. The van der Waals surface area contributed by atoms with Crippen LogP contribution in [0.2, 0.25) is 0 Å². The Kier molecular flexibility index (Phi) is 4.63. The van der Waals surface area contributed by atoms with Gasteiger partial charge in [0.15, 0.2) is 0 Å². The number of rotatable bonds is 3. The molecule has 6 nitrogen and oxygen atoms in total. The largest absolute Gasteiger partial charge is 0.278 e. The summed E-state index contributed by atoms with van der Waals surface area (Å²) in [6.45, 7) is 0. The molecule has 0 fully saturated rings. The van der Waals surface area contributed by atoms with E-state index in [1.165, 1.54) is 0 Å². The molecule has 0 aliphatic carbocycles. The molecule has 4 aromatic heterocycles. The second kappa shape index (κ2) is 8.69. The molecule has 0 amide bonds. The van der Waals surface area contributed by atoms with Crippen LogP contribution in [0.15, 0.2) is 146 Å². The van der Waals surface area contributed by atoms with E-state index in [0.717, 1.165) is 78.2 Å². The van der Waals surface area contributed by atoms with Gasteiger partial charge in [0.2, 0.25) is 11.6 Å². The van der Waals surface area contributed by atoms with Gasteiger partial charge in [0.05, 0.1) is 44.1 Å². The first-order valence-electron chi connectivity index (χ1n) is 14.8. The molecule has 0 aliphatic heterocycles. The van der Waals surface area contributed by atoms with Crippen molar-refractivity contribution >= 4 is 55.7 Å². The van der Waals surface area contributed by atoms with Crippen molar-refractivity contribution in [3.05, 3.63) is 146 Å². The summed E-state index contributed by atoms with van der Waals surface area (Å²) in [7, 11) is 0. The van der Waals surface area contributed by atoms with Gasteiger partial charge in [0, 0.05) is 16.9 Å². The number of para-hydroxylation sites is 7. The zero-order chi connectivity index (χ0) is 28.8. The highest BCUT2D eigenvalue weighted by atomic mass is 15.2. The minimum absolute atomic E-state index is 0.901. The highest BCUT2D eigenvalue weighted by molar-refractivity contribution is 6.01. The summed E-state index contributed by atoms with van der Waals surface area (Å²) in [5, 5.41) is 0. The normalized spacial score (nSPS) is 12.1. The van der Waals surface area contributed by atoms with Gasteiger partial charge in [-0.15, -0.1) is 0 Å². The molecular formula is C38H24N6. The Morgan fingerprint density at radius 2 is 0.932 bits per heavy atom. The second-order valence-electron chi connectivity index (χ2n) is 11.2. The number of hydrogen-bond donors (Lipinski definition) is 0. The molecule has 10 aromatic rings. The lowest BCUT2D eigenvalue weighted by Crippen LogP contribution is -1.94. The smallest absolute Gasteiger partial charge is 0.220 e. The Balaban J connectivity index is 1.28. The van der Waals surface area contributed by atoms with Gasteiger partial charge in [0.25, 0.3) is 0 Å². The van der Waals surface area contributed by atoms with Crippen LogP contribution >= 0.6 is 0 Å². The Bertz CT molecular complexity index is 2710. The second-order valence-corrected chi connectivity index (χ2v) is 11.2. The summed E-state index contributed by atoms with van der Waals surface area (Å²) in [6.07, 6.45) is 0. The van der Waals surface area contributed by atoms with E-state index in [1.807, 2.05) is 12.1 Å². The summed E-state index contributed by atoms with van der Waals surface area (Å²) in [6, 6.07) is 51.0. The molecule has 4 heterocycles. The summed E-state index contributed by atoms with van der Waals surface area (Å²) in [4.78, 5) is 10.3. The van der Waals surface area contributed by atoms with Gasteiger partial charge in [0.1, 0.15) is 0 Å². The van der Waals surface area contributed by atoms with Gasteiger partial charge in [-0.3, -0.25) is 17.9 Å². The molecule has 206 valence electrons. The highest BCUT2D eigenvalue weighted by Crippen LogP contribution is 2.37. The third kappa shape index (κ3) is 3.08. The third-order valence-electron chi connectivity index (χ3n) is 8.76. The van der Waals surface area contributed by atoms with Crippen LogP contribution in [0.5, 0.6) is 0 Å². The van der Waals surface area contributed by atoms with Crippen LogP contribution in [0, 0.1) is 0 Å². The van der Waals surface area contributed by atoms with Gasteiger partial charge in [-0.1, -0.05) is 78.9 Å². The summed E-state index contributed by atoms with van der Waals surface area (Å²) < 4.78 is 9.09. The Morgan fingerprint density at radius 1 is 0.386 bits per heavy atom. The number of nitrogens with zero attached hydrogens (tertiary/aromatic N) is 6. The highest BCUT2D eigenvalue weighted by Gasteiger charge is 2.21. The molecule has 0 atom stereocenters. The van der Waals surface area contributed by atoms with Crippen LogP contribution in [0.25, 0.3) is 78.2 Å². The lowest BCUT2D eigenvalue weighted by atomic mass is 10.0. The van der Waals surface area contributed by atoms with Crippen LogP contribution < -0.4 is 0 Å². The number of aromatic nitrogens is 6. The molecule has 0 unspecified atom stereocenters. The van der Waals surface area contributed by atoms with Gasteiger partial charge in [-0.05, 0) is 72.3 Å². The Labute approximate surface area is 251 Å². The van der Waals surface area contributed by atoms with Crippen molar-refractivity contribution in [2.75, 3.05) is 0 Å². The predicted octanol–water partition coefficient (Wildman–Crippen LogP) is 8.84. The van der Waals surface area contributed by atoms with E-state index >= 15 is 0 Å². The average molecular weight is 565 g/mol. The summed E-state index contributed by atoms with van der Waals surface area (Å²) in [5.41, 5.74) is 13.0.